The molecule has 0 fully saturated rings. The number of carbonyl (C=O) groups excluding carboxylic acids is 1. The number of anilines is 1. The molecule has 0 saturated heterocycles. The lowest BCUT2D eigenvalue weighted by atomic mass is 10.2. The van der Waals surface area contributed by atoms with E-state index in [0.29, 0.717) is 33.5 Å². The topological polar surface area (TPSA) is 81.8 Å². The number of aryl methyl sites for hydroxylation is 2. The highest BCUT2D eigenvalue weighted by molar-refractivity contribution is 7.99. The second-order valence-corrected chi connectivity index (χ2v) is 8.53. The van der Waals surface area contributed by atoms with E-state index in [1.165, 1.54) is 11.8 Å². The van der Waals surface area contributed by atoms with Gasteiger partial charge in [-0.15, -0.1) is 0 Å². The van der Waals surface area contributed by atoms with E-state index in [-0.39, 0.29) is 23.8 Å². The van der Waals surface area contributed by atoms with Crippen LogP contribution in [0.5, 0.6) is 0 Å². The predicted molar refractivity (Wildman–Crippen MR) is 129 cm³/mol. The van der Waals surface area contributed by atoms with Gasteiger partial charge in [-0.2, -0.15) is 5.10 Å². The van der Waals surface area contributed by atoms with Gasteiger partial charge in [0.1, 0.15) is 5.52 Å². The van der Waals surface area contributed by atoms with E-state index in [2.05, 4.69) is 10.4 Å². The van der Waals surface area contributed by atoms with Gasteiger partial charge >= 0.3 is 0 Å². The largest absolute Gasteiger partial charge is 0.325 e. The predicted octanol–water partition coefficient (Wildman–Crippen LogP) is 4.35. The van der Waals surface area contributed by atoms with Crippen LogP contribution in [-0.4, -0.2) is 31.0 Å². The molecule has 0 aliphatic heterocycles. The van der Waals surface area contributed by atoms with Crippen molar-refractivity contribution in [2.45, 2.75) is 32.1 Å². The van der Waals surface area contributed by atoms with Crippen LogP contribution in [0.2, 0.25) is 5.02 Å². The van der Waals surface area contributed by atoms with Crippen LogP contribution >= 0.6 is 23.4 Å². The summed E-state index contributed by atoms with van der Waals surface area (Å²) in [4.78, 5) is 30.7. The van der Waals surface area contributed by atoms with Crippen LogP contribution in [0.25, 0.3) is 11.0 Å². The molecule has 0 saturated carbocycles. The first-order valence-corrected chi connectivity index (χ1v) is 11.5. The summed E-state index contributed by atoms with van der Waals surface area (Å²) in [5.41, 5.74) is 3.00. The van der Waals surface area contributed by atoms with Crippen molar-refractivity contribution in [3.63, 3.8) is 0 Å². The second-order valence-electron chi connectivity index (χ2n) is 7.18. The number of nitrogens with one attached hydrogen (secondary N) is 1. The van der Waals surface area contributed by atoms with E-state index >= 15 is 0 Å². The van der Waals surface area contributed by atoms with Crippen molar-refractivity contribution < 1.29 is 4.79 Å². The number of aromatic nitrogens is 4. The van der Waals surface area contributed by atoms with Crippen molar-refractivity contribution in [1.29, 1.82) is 0 Å². The second kappa shape index (κ2) is 9.58. The molecule has 4 aromatic rings. The molecule has 7 nitrogen and oxygen atoms in total. The van der Waals surface area contributed by atoms with E-state index in [1.807, 2.05) is 62.4 Å². The first-order valence-electron chi connectivity index (χ1n) is 10.2. The molecule has 32 heavy (non-hydrogen) atoms. The number of nitrogens with zero attached hydrogens (tertiary/aromatic N) is 4. The fraction of sp³-hybridized carbons (Fsp3) is 0.217. The zero-order valence-electron chi connectivity index (χ0n) is 17.7. The fourth-order valence-electron chi connectivity index (χ4n) is 3.41. The SMILES string of the molecule is CCn1nc(C)c2nc(SCC(=O)Nc3ccccc3)n(Cc3ccccc3Cl)c(=O)c21. The Morgan fingerprint density at radius 1 is 1.12 bits per heavy atom. The van der Waals surface area contributed by atoms with Crippen molar-refractivity contribution in [3.8, 4) is 0 Å². The van der Waals surface area contributed by atoms with Gasteiger partial charge in [0, 0.05) is 17.3 Å². The molecule has 4 rings (SSSR count). The number of carbonyl (C=O) groups is 1. The molecule has 0 aliphatic carbocycles. The third-order valence-electron chi connectivity index (χ3n) is 4.96. The van der Waals surface area contributed by atoms with Crippen LogP contribution in [0.15, 0.2) is 64.5 Å². The summed E-state index contributed by atoms with van der Waals surface area (Å²) in [6, 6.07) is 16.6. The molecule has 2 aromatic heterocycles. The Morgan fingerprint density at radius 3 is 2.56 bits per heavy atom. The number of fused-ring (bicyclic) bond motifs is 1. The Morgan fingerprint density at radius 2 is 1.84 bits per heavy atom. The van der Waals surface area contributed by atoms with Crippen molar-refractivity contribution in [2.75, 3.05) is 11.1 Å². The Balaban J connectivity index is 1.71. The maximum atomic E-state index is 13.5. The Labute approximate surface area is 194 Å². The first kappa shape index (κ1) is 22.1. The first-order chi connectivity index (χ1) is 15.5. The van der Waals surface area contributed by atoms with E-state index in [1.54, 1.807) is 15.3 Å². The molecule has 0 atom stereocenters. The van der Waals surface area contributed by atoms with Gasteiger partial charge in [-0.3, -0.25) is 18.8 Å². The minimum Gasteiger partial charge on any atom is -0.325 e. The highest BCUT2D eigenvalue weighted by Crippen LogP contribution is 2.23. The number of benzene rings is 2. The molecule has 1 amide bonds. The minimum absolute atomic E-state index is 0.107. The van der Waals surface area contributed by atoms with Gasteiger partial charge in [0.05, 0.1) is 18.0 Å². The molecular weight excluding hydrogens is 446 g/mol. The standard InChI is InChI=1S/C23H22ClN5O2S/c1-3-29-21-20(15(2)27-29)26-23(32-14-19(30)25-17-10-5-4-6-11-17)28(22(21)31)13-16-9-7-8-12-18(16)24/h4-12H,3,13-14H2,1-2H3,(H,25,30). The summed E-state index contributed by atoms with van der Waals surface area (Å²) in [6.45, 7) is 4.56. The number of hydrogen-bond donors (Lipinski definition) is 1. The van der Waals surface area contributed by atoms with Crippen LogP contribution in [0.4, 0.5) is 5.69 Å². The Hall–Kier alpha value is -3.10. The molecule has 164 valence electrons. The van der Waals surface area contributed by atoms with Gasteiger partial charge in [-0.05, 0) is 37.6 Å². The smallest absolute Gasteiger partial charge is 0.280 e. The van der Waals surface area contributed by atoms with Gasteiger partial charge in [-0.25, -0.2) is 4.98 Å². The van der Waals surface area contributed by atoms with E-state index in [4.69, 9.17) is 16.6 Å². The Kier molecular flexibility index (Phi) is 6.62. The Bertz CT molecular complexity index is 1330. The molecule has 1 N–H and O–H groups in total. The summed E-state index contributed by atoms with van der Waals surface area (Å²) >= 11 is 7.57. The van der Waals surface area contributed by atoms with Gasteiger partial charge < -0.3 is 5.32 Å². The van der Waals surface area contributed by atoms with Gasteiger partial charge in [0.2, 0.25) is 5.91 Å². The summed E-state index contributed by atoms with van der Waals surface area (Å²) in [6.07, 6.45) is 0. The molecule has 0 aliphatic rings. The van der Waals surface area contributed by atoms with E-state index < -0.39 is 0 Å². The summed E-state index contributed by atoms with van der Waals surface area (Å²) in [5, 5.41) is 8.32. The van der Waals surface area contributed by atoms with Crippen LogP contribution in [0.1, 0.15) is 18.2 Å². The molecule has 2 heterocycles. The highest BCUT2D eigenvalue weighted by Gasteiger charge is 2.19. The maximum absolute atomic E-state index is 13.5. The number of halogens is 1. The summed E-state index contributed by atoms with van der Waals surface area (Å²) in [5.74, 6) is -0.0723. The van der Waals surface area contributed by atoms with Crippen LogP contribution < -0.4 is 10.9 Å². The van der Waals surface area contributed by atoms with Crippen molar-refractivity contribution >= 4 is 46.0 Å². The normalized spacial score (nSPS) is 11.1. The summed E-state index contributed by atoms with van der Waals surface area (Å²) in [7, 11) is 0. The molecule has 0 unspecified atom stereocenters. The number of hydrogen-bond acceptors (Lipinski definition) is 5. The summed E-state index contributed by atoms with van der Waals surface area (Å²) < 4.78 is 3.23. The lowest BCUT2D eigenvalue weighted by Gasteiger charge is -2.13. The molecule has 0 bridgehead atoms. The average Bonchev–Trinajstić information content (AvgIpc) is 3.12. The van der Waals surface area contributed by atoms with Crippen LogP contribution in [-0.2, 0) is 17.9 Å². The van der Waals surface area contributed by atoms with Gasteiger partial charge in [0.25, 0.3) is 5.56 Å². The number of para-hydroxylation sites is 1. The van der Waals surface area contributed by atoms with E-state index in [9.17, 15) is 9.59 Å². The monoisotopic (exact) mass is 467 g/mol. The molecule has 0 radical (unpaired) electrons. The number of thioether (sulfide) groups is 1. The van der Waals surface area contributed by atoms with Crippen LogP contribution in [0.3, 0.4) is 0 Å². The minimum atomic E-state index is -0.205. The average molecular weight is 468 g/mol. The quantitative estimate of drug-likeness (QED) is 0.322. The molecule has 2 aromatic carbocycles. The number of rotatable bonds is 7. The van der Waals surface area contributed by atoms with Crippen molar-refractivity contribution in [1.82, 2.24) is 19.3 Å². The highest BCUT2D eigenvalue weighted by atomic mass is 35.5. The van der Waals surface area contributed by atoms with Crippen molar-refractivity contribution in [3.05, 3.63) is 81.2 Å². The third kappa shape index (κ3) is 4.56. The third-order valence-corrected chi connectivity index (χ3v) is 6.30. The maximum Gasteiger partial charge on any atom is 0.280 e. The van der Waals surface area contributed by atoms with Crippen LogP contribution in [0, 0.1) is 6.92 Å². The zero-order valence-corrected chi connectivity index (χ0v) is 19.3. The molecule has 9 heteroatoms. The lowest BCUT2D eigenvalue weighted by molar-refractivity contribution is -0.113. The van der Waals surface area contributed by atoms with Gasteiger partial charge in [-0.1, -0.05) is 59.8 Å². The fourth-order valence-corrected chi connectivity index (χ4v) is 4.40. The van der Waals surface area contributed by atoms with Crippen molar-refractivity contribution in [2.24, 2.45) is 0 Å². The lowest BCUT2D eigenvalue weighted by Crippen LogP contribution is -2.26. The van der Waals surface area contributed by atoms with E-state index in [0.717, 1.165) is 11.3 Å². The molecular formula is C23H22ClN5O2S. The number of amides is 1. The zero-order chi connectivity index (χ0) is 22.7. The van der Waals surface area contributed by atoms with Gasteiger partial charge in [0.15, 0.2) is 10.7 Å². The molecule has 0 spiro atoms.